The summed E-state index contributed by atoms with van der Waals surface area (Å²) in [5.41, 5.74) is 1.21. The van der Waals surface area contributed by atoms with Gasteiger partial charge in [-0.1, -0.05) is 13.0 Å². The highest BCUT2D eigenvalue weighted by Gasteiger charge is 2.22. The number of methoxy groups -OCH3 is 1. The Labute approximate surface area is 144 Å². The molecule has 25 heavy (non-hydrogen) atoms. The average Bonchev–Trinajstić information content (AvgIpc) is 3.24. The van der Waals surface area contributed by atoms with Crippen molar-refractivity contribution >= 4 is 15.7 Å². The Bertz CT molecular complexity index is 991. The summed E-state index contributed by atoms with van der Waals surface area (Å²) >= 11 is 0. The fourth-order valence-electron chi connectivity index (χ4n) is 2.17. The van der Waals surface area contributed by atoms with E-state index in [1.165, 1.54) is 19.2 Å². The molecule has 0 fully saturated rings. The molecule has 0 amide bonds. The van der Waals surface area contributed by atoms with E-state index in [-0.39, 0.29) is 16.7 Å². The van der Waals surface area contributed by atoms with Crippen LogP contribution in [-0.4, -0.2) is 25.7 Å². The van der Waals surface area contributed by atoms with Gasteiger partial charge >= 0.3 is 0 Å². The standard InChI is InChI=1S/C16H17N3O5S/c1-4-14-17-18-16(24-14)13-7-8-15(23-13)25(20,21)19-11-9-10(2)5-6-12(11)22-3/h5-9,19H,4H2,1-3H3. The SMILES string of the molecule is CCc1nnc(-c2ccc(S(=O)(=O)Nc3cc(C)ccc3OC)o2)o1. The van der Waals surface area contributed by atoms with Crippen LogP contribution in [0.5, 0.6) is 5.75 Å². The van der Waals surface area contributed by atoms with Crippen LogP contribution in [0, 0.1) is 6.92 Å². The van der Waals surface area contributed by atoms with Crippen LogP contribution in [0.25, 0.3) is 11.7 Å². The zero-order valence-electron chi connectivity index (χ0n) is 13.9. The number of aromatic nitrogens is 2. The summed E-state index contributed by atoms with van der Waals surface area (Å²) in [4.78, 5) is 0. The van der Waals surface area contributed by atoms with E-state index in [1.54, 1.807) is 12.1 Å². The topological polar surface area (TPSA) is 107 Å². The van der Waals surface area contributed by atoms with Crippen molar-refractivity contribution in [1.82, 2.24) is 10.2 Å². The molecule has 0 aliphatic rings. The highest BCUT2D eigenvalue weighted by Crippen LogP contribution is 2.29. The molecule has 0 saturated heterocycles. The molecule has 2 heterocycles. The van der Waals surface area contributed by atoms with Gasteiger partial charge in [-0.25, -0.2) is 0 Å². The van der Waals surface area contributed by atoms with Gasteiger partial charge in [-0.2, -0.15) is 8.42 Å². The zero-order chi connectivity index (χ0) is 18.0. The maximum absolute atomic E-state index is 12.6. The molecule has 0 spiro atoms. The van der Waals surface area contributed by atoms with Crippen LogP contribution in [0.3, 0.4) is 0 Å². The molecule has 9 heteroatoms. The van der Waals surface area contributed by atoms with Crippen LogP contribution < -0.4 is 9.46 Å². The number of hydrogen-bond acceptors (Lipinski definition) is 7. The Morgan fingerprint density at radius 3 is 2.64 bits per heavy atom. The van der Waals surface area contributed by atoms with Crippen LogP contribution in [0.4, 0.5) is 5.69 Å². The molecule has 132 valence electrons. The Hall–Kier alpha value is -2.81. The smallest absolute Gasteiger partial charge is 0.295 e. The second-order valence-electron chi connectivity index (χ2n) is 5.28. The van der Waals surface area contributed by atoms with Gasteiger partial charge in [-0.3, -0.25) is 4.72 Å². The minimum atomic E-state index is -3.94. The number of aryl methyl sites for hydroxylation is 2. The van der Waals surface area contributed by atoms with Gasteiger partial charge in [0.15, 0.2) is 5.76 Å². The van der Waals surface area contributed by atoms with E-state index in [0.29, 0.717) is 23.7 Å². The molecule has 0 atom stereocenters. The molecule has 3 rings (SSSR count). The van der Waals surface area contributed by atoms with Crippen LogP contribution in [-0.2, 0) is 16.4 Å². The predicted octanol–water partition coefficient (Wildman–Crippen LogP) is 3.01. The largest absolute Gasteiger partial charge is 0.495 e. The molecule has 0 saturated carbocycles. The molecule has 0 bridgehead atoms. The number of nitrogens with one attached hydrogen (secondary N) is 1. The summed E-state index contributed by atoms with van der Waals surface area (Å²) in [7, 11) is -2.47. The van der Waals surface area contributed by atoms with Crippen molar-refractivity contribution in [3.63, 3.8) is 0 Å². The molecular formula is C16H17N3O5S. The number of hydrogen-bond donors (Lipinski definition) is 1. The number of benzene rings is 1. The third-order valence-electron chi connectivity index (χ3n) is 3.43. The number of nitrogens with zero attached hydrogens (tertiary/aromatic N) is 2. The molecule has 0 unspecified atom stereocenters. The Morgan fingerprint density at radius 1 is 1.16 bits per heavy atom. The van der Waals surface area contributed by atoms with Crippen molar-refractivity contribution in [1.29, 1.82) is 0 Å². The molecule has 1 aromatic carbocycles. The highest BCUT2D eigenvalue weighted by molar-refractivity contribution is 7.92. The first kappa shape index (κ1) is 17.0. The number of rotatable bonds is 6. The molecule has 0 radical (unpaired) electrons. The van der Waals surface area contributed by atoms with Gasteiger partial charge in [0.1, 0.15) is 5.75 Å². The molecular weight excluding hydrogens is 346 g/mol. The van der Waals surface area contributed by atoms with Crippen molar-refractivity contribution in [3.05, 3.63) is 41.8 Å². The first-order valence-corrected chi connectivity index (χ1v) is 9.01. The first-order valence-electron chi connectivity index (χ1n) is 7.53. The van der Waals surface area contributed by atoms with Gasteiger partial charge < -0.3 is 13.6 Å². The molecule has 8 nitrogen and oxygen atoms in total. The lowest BCUT2D eigenvalue weighted by molar-refractivity contribution is 0.416. The summed E-state index contributed by atoms with van der Waals surface area (Å²) in [6.45, 7) is 3.72. The number of anilines is 1. The van der Waals surface area contributed by atoms with Gasteiger partial charge in [0.25, 0.3) is 15.9 Å². The van der Waals surface area contributed by atoms with Gasteiger partial charge in [-0.05, 0) is 36.8 Å². The first-order chi connectivity index (χ1) is 11.9. The summed E-state index contributed by atoms with van der Waals surface area (Å²) in [6, 6.07) is 7.98. The monoisotopic (exact) mass is 363 g/mol. The van der Waals surface area contributed by atoms with Crippen molar-refractivity contribution in [2.45, 2.75) is 25.4 Å². The molecule has 2 aromatic heterocycles. The van der Waals surface area contributed by atoms with E-state index >= 15 is 0 Å². The van der Waals surface area contributed by atoms with Gasteiger partial charge in [0.05, 0.1) is 12.8 Å². The van der Waals surface area contributed by atoms with Crippen molar-refractivity contribution in [3.8, 4) is 17.4 Å². The molecule has 3 aromatic rings. The van der Waals surface area contributed by atoms with Crippen LogP contribution >= 0.6 is 0 Å². The summed E-state index contributed by atoms with van der Waals surface area (Å²) in [6.07, 6.45) is 0.577. The second kappa shape index (κ2) is 6.60. The van der Waals surface area contributed by atoms with Crippen molar-refractivity contribution in [2.24, 2.45) is 0 Å². The Balaban J connectivity index is 1.90. The van der Waals surface area contributed by atoms with Crippen molar-refractivity contribution < 1.29 is 22.0 Å². The quantitative estimate of drug-likeness (QED) is 0.717. The lowest BCUT2D eigenvalue weighted by Crippen LogP contribution is -2.13. The van der Waals surface area contributed by atoms with Crippen molar-refractivity contribution in [2.75, 3.05) is 11.8 Å². The van der Waals surface area contributed by atoms with Crippen LogP contribution in [0.1, 0.15) is 18.4 Å². The number of furan rings is 1. The maximum Gasteiger partial charge on any atom is 0.295 e. The highest BCUT2D eigenvalue weighted by atomic mass is 32.2. The van der Waals surface area contributed by atoms with E-state index < -0.39 is 10.0 Å². The van der Waals surface area contributed by atoms with E-state index in [0.717, 1.165) is 5.56 Å². The Morgan fingerprint density at radius 2 is 1.96 bits per heavy atom. The van der Waals surface area contributed by atoms with E-state index in [4.69, 9.17) is 13.6 Å². The minimum absolute atomic E-state index is 0.131. The normalized spacial score (nSPS) is 11.5. The minimum Gasteiger partial charge on any atom is -0.495 e. The Kier molecular flexibility index (Phi) is 4.49. The van der Waals surface area contributed by atoms with E-state index in [2.05, 4.69) is 14.9 Å². The number of sulfonamides is 1. The van der Waals surface area contributed by atoms with Gasteiger partial charge in [0, 0.05) is 6.42 Å². The van der Waals surface area contributed by atoms with Gasteiger partial charge in [-0.15, -0.1) is 10.2 Å². The zero-order valence-corrected chi connectivity index (χ0v) is 14.8. The maximum atomic E-state index is 12.6. The fraction of sp³-hybridized carbons (Fsp3) is 0.250. The van der Waals surface area contributed by atoms with E-state index in [1.807, 2.05) is 19.9 Å². The van der Waals surface area contributed by atoms with Gasteiger partial charge in [0.2, 0.25) is 11.0 Å². The molecule has 0 aliphatic heterocycles. The second-order valence-corrected chi connectivity index (χ2v) is 6.90. The van der Waals surface area contributed by atoms with Crippen LogP contribution in [0.15, 0.2) is 44.3 Å². The summed E-state index contributed by atoms with van der Waals surface area (Å²) in [5.74, 6) is 1.17. The number of ether oxygens (including phenoxy) is 1. The third kappa shape index (κ3) is 3.50. The summed E-state index contributed by atoms with van der Waals surface area (Å²) in [5, 5.41) is 7.39. The third-order valence-corrected chi connectivity index (χ3v) is 4.66. The lowest BCUT2D eigenvalue weighted by Gasteiger charge is -2.11. The average molecular weight is 363 g/mol. The summed E-state index contributed by atoms with van der Waals surface area (Å²) < 4.78 is 43.5. The fourth-order valence-corrected chi connectivity index (χ4v) is 3.17. The van der Waals surface area contributed by atoms with Crippen LogP contribution in [0.2, 0.25) is 0 Å². The van der Waals surface area contributed by atoms with E-state index in [9.17, 15) is 8.42 Å². The lowest BCUT2D eigenvalue weighted by atomic mass is 10.2. The predicted molar refractivity (Wildman–Crippen MR) is 89.9 cm³/mol. The molecule has 0 aliphatic carbocycles. The molecule has 1 N–H and O–H groups in total.